The van der Waals surface area contributed by atoms with E-state index in [4.69, 9.17) is 6.65 Å². The maximum absolute atomic E-state index is 8.50. The molecule has 0 amide bonds. The minimum atomic E-state index is -2.00. The molecule has 0 bridgehead atoms. The van der Waals surface area contributed by atoms with E-state index in [1.807, 2.05) is 0 Å². The molecule has 0 aromatic rings. The van der Waals surface area contributed by atoms with Crippen LogP contribution in [0.2, 0.25) is 0 Å². The second-order valence-corrected chi connectivity index (χ2v) is 0.344. The van der Waals surface area contributed by atoms with E-state index >= 15 is 0 Å². The van der Waals surface area contributed by atoms with Gasteiger partial charge in [0.05, 0.1) is 0 Å². The van der Waals surface area contributed by atoms with Gasteiger partial charge < -0.3 is 0 Å². The Bertz CT molecular complexity index is 27.0. The van der Waals surface area contributed by atoms with Gasteiger partial charge in [0.1, 0.15) is 0 Å². The fraction of sp³-hybridized carbons (Fsp3) is 0. The Morgan fingerprint density at radius 2 is 1.25 bits per heavy atom. The van der Waals surface area contributed by atoms with Crippen molar-refractivity contribution in [2.45, 2.75) is 0 Å². The van der Waals surface area contributed by atoms with Crippen molar-refractivity contribution in [3.63, 3.8) is 0 Å². The van der Waals surface area contributed by atoms with Crippen molar-refractivity contribution in [2.24, 2.45) is 0 Å². The van der Waals surface area contributed by atoms with Crippen molar-refractivity contribution in [1.29, 1.82) is 0 Å². The summed E-state index contributed by atoms with van der Waals surface area (Å²) < 4.78 is 17.0. The molecule has 4 heavy (non-hydrogen) atoms. The zero-order chi connectivity index (χ0) is 2.71. The molecule has 0 atom stereocenters. The summed E-state index contributed by atoms with van der Waals surface area (Å²) in [5, 5.41) is 0. The van der Waals surface area contributed by atoms with Crippen molar-refractivity contribution in [2.75, 3.05) is 0 Å². The Morgan fingerprint density at radius 1 is 1.25 bits per heavy atom. The van der Waals surface area contributed by atoms with Gasteiger partial charge in [-0.3, -0.25) is 0 Å². The van der Waals surface area contributed by atoms with Crippen LogP contribution in [-0.4, -0.2) is 0 Å². The van der Waals surface area contributed by atoms with Gasteiger partial charge in [0.2, 0.25) is 0 Å². The molecule has 0 aliphatic rings. The first-order valence-electron chi connectivity index (χ1n) is 0.408. The quantitative estimate of drug-likeness (QED) is 0.570. The minimum absolute atomic E-state index is 0. The van der Waals surface area contributed by atoms with Crippen LogP contribution in [0.5, 0.6) is 0 Å². The summed E-state index contributed by atoms with van der Waals surface area (Å²) in [6.45, 7) is 0. The molecule has 25 valence electrons. The van der Waals surface area contributed by atoms with Gasteiger partial charge in [0.15, 0.2) is 0 Å². The van der Waals surface area contributed by atoms with E-state index in [1.165, 1.54) is 0 Å². The first-order chi connectivity index (χ1) is 1.41. The van der Waals surface area contributed by atoms with Gasteiger partial charge in [-0.25, -0.2) is 0 Å². The Kier molecular flexibility index (Phi) is 20.0. The molecule has 0 rings (SSSR count). The summed E-state index contributed by atoms with van der Waals surface area (Å²) in [4.78, 5) is 0. The first-order valence-corrected chi connectivity index (χ1v) is 1.68. The molecule has 0 fully saturated rings. The summed E-state index contributed by atoms with van der Waals surface area (Å²) in [6, 6.07) is 0. The third kappa shape index (κ3) is 12.3. The number of hydrogen-bond donors (Lipinski definition) is 0. The molecule has 4 heteroatoms. The Labute approximate surface area is 45.9 Å². The molecular weight excluding hydrogens is 272 g/mol. The van der Waals surface area contributed by atoms with Gasteiger partial charge in [-0.1, -0.05) is 0 Å². The second kappa shape index (κ2) is 9.03. The standard InChI is InChI=1S/Ir.2O.Ti. The van der Waals surface area contributed by atoms with Crippen LogP contribution in [0, 0.1) is 0 Å². The van der Waals surface area contributed by atoms with Gasteiger partial charge in [-0.15, -0.1) is 0 Å². The summed E-state index contributed by atoms with van der Waals surface area (Å²) in [5.41, 5.74) is 0. The SMILES string of the molecule is [Ir].[O]=[Ti]=[O]. The van der Waals surface area contributed by atoms with E-state index < -0.39 is 19.1 Å². The van der Waals surface area contributed by atoms with Crippen LogP contribution in [0.15, 0.2) is 0 Å². The van der Waals surface area contributed by atoms with Crippen molar-refractivity contribution < 1.29 is 45.8 Å². The monoisotopic (exact) mass is 273 g/mol. The summed E-state index contributed by atoms with van der Waals surface area (Å²) in [7, 11) is 0. The van der Waals surface area contributed by atoms with Crippen LogP contribution in [0.4, 0.5) is 0 Å². The summed E-state index contributed by atoms with van der Waals surface area (Å²) in [6.07, 6.45) is 0. The van der Waals surface area contributed by atoms with E-state index in [-0.39, 0.29) is 20.1 Å². The number of hydrogen-bond acceptors (Lipinski definition) is 2. The average molecular weight is 272 g/mol. The van der Waals surface area contributed by atoms with Gasteiger partial charge in [0.25, 0.3) is 0 Å². The van der Waals surface area contributed by atoms with Crippen molar-refractivity contribution in [3.05, 3.63) is 0 Å². The van der Waals surface area contributed by atoms with Gasteiger partial charge in [-0.2, -0.15) is 0 Å². The Hall–Kier alpha value is 0.964. The fourth-order valence-corrected chi connectivity index (χ4v) is 0. The van der Waals surface area contributed by atoms with Crippen molar-refractivity contribution >= 4 is 0 Å². The zero-order valence-corrected chi connectivity index (χ0v) is 5.61. The van der Waals surface area contributed by atoms with E-state index in [0.717, 1.165) is 0 Å². The Morgan fingerprint density at radius 3 is 1.25 bits per heavy atom. The molecular formula is IrO2Ti. The molecule has 0 N–H and O–H groups in total. The molecule has 0 aromatic carbocycles. The predicted octanol–water partition coefficient (Wildman–Crippen LogP) is -0.243. The van der Waals surface area contributed by atoms with Crippen LogP contribution in [0.25, 0.3) is 0 Å². The van der Waals surface area contributed by atoms with Crippen LogP contribution < -0.4 is 0 Å². The average Bonchev–Trinajstić information content (AvgIpc) is 0.918. The fourth-order valence-electron chi connectivity index (χ4n) is 0. The topological polar surface area (TPSA) is 34.1 Å². The van der Waals surface area contributed by atoms with E-state index in [2.05, 4.69) is 0 Å². The molecule has 0 unspecified atom stereocenters. The van der Waals surface area contributed by atoms with Crippen LogP contribution in [-0.2, 0) is 45.8 Å². The maximum atomic E-state index is 8.50. The van der Waals surface area contributed by atoms with Crippen LogP contribution in [0.3, 0.4) is 0 Å². The molecule has 0 saturated heterocycles. The summed E-state index contributed by atoms with van der Waals surface area (Å²) >= 11 is -2.00. The third-order valence-corrected chi connectivity index (χ3v) is 0. The molecule has 0 saturated carbocycles. The van der Waals surface area contributed by atoms with Crippen LogP contribution in [0.1, 0.15) is 0 Å². The predicted molar refractivity (Wildman–Crippen MR) is 1.37 cm³/mol. The first kappa shape index (κ1) is 8.88. The second-order valence-electron chi connectivity index (χ2n) is 0.0833. The van der Waals surface area contributed by atoms with Gasteiger partial charge in [0, 0.05) is 20.1 Å². The van der Waals surface area contributed by atoms with Crippen molar-refractivity contribution in [3.8, 4) is 0 Å². The molecule has 0 aliphatic heterocycles. The molecule has 0 heterocycles. The normalized spacial score (nSPS) is 2.00. The molecule has 0 aromatic heterocycles. The number of rotatable bonds is 0. The van der Waals surface area contributed by atoms with Crippen molar-refractivity contribution in [1.82, 2.24) is 0 Å². The van der Waals surface area contributed by atoms with E-state index in [1.54, 1.807) is 0 Å². The van der Waals surface area contributed by atoms with E-state index in [9.17, 15) is 0 Å². The third-order valence-electron chi connectivity index (χ3n) is 0. The molecule has 1 radical (unpaired) electrons. The van der Waals surface area contributed by atoms with E-state index in [0.29, 0.717) is 0 Å². The summed E-state index contributed by atoms with van der Waals surface area (Å²) in [5.74, 6) is 0. The van der Waals surface area contributed by atoms with Gasteiger partial charge >= 0.3 is 25.7 Å². The zero-order valence-electron chi connectivity index (χ0n) is 1.65. The molecule has 0 aliphatic carbocycles. The molecule has 0 spiro atoms. The van der Waals surface area contributed by atoms with Gasteiger partial charge in [-0.05, 0) is 0 Å². The Balaban J connectivity index is 0. The molecule has 2 nitrogen and oxygen atoms in total. The van der Waals surface area contributed by atoms with Crippen LogP contribution >= 0.6 is 0 Å².